The zero-order valence-corrected chi connectivity index (χ0v) is 13.0. The van der Waals surface area contributed by atoms with E-state index in [0.717, 1.165) is 11.1 Å². The Morgan fingerprint density at radius 2 is 1.67 bits per heavy atom. The molecule has 0 spiro atoms. The summed E-state index contributed by atoms with van der Waals surface area (Å²) in [5, 5.41) is 14.3. The fourth-order valence-corrected chi connectivity index (χ4v) is 2.23. The summed E-state index contributed by atoms with van der Waals surface area (Å²) in [6.45, 7) is 0.329. The van der Waals surface area contributed by atoms with Crippen LogP contribution in [0.3, 0.4) is 0 Å². The number of carbonyl (C=O) groups excluding carboxylic acids is 1. The highest BCUT2D eigenvalue weighted by atomic mass is 19.1. The third kappa shape index (κ3) is 5.72. The highest BCUT2D eigenvalue weighted by Gasteiger charge is 2.20. The predicted octanol–water partition coefficient (Wildman–Crippen LogP) is 2.36. The molecule has 0 aliphatic rings. The molecule has 2 aromatic carbocycles. The zero-order valence-electron chi connectivity index (χ0n) is 13.0. The fourth-order valence-electron chi connectivity index (χ4n) is 2.23. The first-order chi connectivity index (χ1) is 11.5. The molecular weight excluding hydrogens is 311 g/mol. The van der Waals surface area contributed by atoms with E-state index in [2.05, 4.69) is 10.6 Å². The molecule has 2 rings (SSSR count). The Bertz CT molecular complexity index is 674. The first-order valence-corrected chi connectivity index (χ1v) is 7.60. The molecule has 0 heterocycles. The van der Waals surface area contributed by atoms with Crippen LogP contribution in [-0.4, -0.2) is 29.7 Å². The third-order valence-corrected chi connectivity index (χ3v) is 3.50. The lowest BCUT2D eigenvalue weighted by Gasteiger charge is -2.15. The number of halogens is 1. The van der Waals surface area contributed by atoms with Crippen molar-refractivity contribution in [3.8, 4) is 0 Å². The molecule has 24 heavy (non-hydrogen) atoms. The molecule has 0 bridgehead atoms. The van der Waals surface area contributed by atoms with Crippen molar-refractivity contribution in [3.63, 3.8) is 0 Å². The highest BCUT2D eigenvalue weighted by Crippen LogP contribution is 2.04. The number of urea groups is 1. The van der Waals surface area contributed by atoms with E-state index in [1.807, 2.05) is 30.3 Å². The van der Waals surface area contributed by atoms with E-state index in [1.54, 1.807) is 12.1 Å². The van der Waals surface area contributed by atoms with Gasteiger partial charge in [0.15, 0.2) is 0 Å². The van der Waals surface area contributed by atoms with Gasteiger partial charge in [-0.2, -0.15) is 0 Å². The third-order valence-electron chi connectivity index (χ3n) is 3.50. The summed E-state index contributed by atoms with van der Waals surface area (Å²) in [4.78, 5) is 23.1. The number of carboxylic acid groups (broad SMARTS) is 1. The minimum absolute atomic E-state index is 0.210. The van der Waals surface area contributed by atoms with Gasteiger partial charge < -0.3 is 15.7 Å². The number of hydrogen-bond acceptors (Lipinski definition) is 2. The lowest BCUT2D eigenvalue weighted by atomic mass is 10.1. The highest BCUT2D eigenvalue weighted by molar-refractivity contribution is 5.82. The molecule has 126 valence electrons. The van der Waals surface area contributed by atoms with Crippen LogP contribution < -0.4 is 10.6 Å². The summed E-state index contributed by atoms with van der Waals surface area (Å²) in [6.07, 6.45) is 0.742. The molecule has 3 N–H and O–H groups in total. The van der Waals surface area contributed by atoms with Crippen LogP contribution in [0.15, 0.2) is 54.6 Å². The molecule has 0 saturated heterocycles. The molecule has 0 aliphatic heterocycles. The van der Waals surface area contributed by atoms with Gasteiger partial charge in [-0.3, -0.25) is 0 Å². The van der Waals surface area contributed by atoms with Crippen molar-refractivity contribution in [1.29, 1.82) is 0 Å². The molecule has 5 nitrogen and oxygen atoms in total. The van der Waals surface area contributed by atoms with Crippen LogP contribution in [0.5, 0.6) is 0 Å². The number of nitrogens with one attached hydrogen (secondary N) is 2. The van der Waals surface area contributed by atoms with Crippen LogP contribution in [0, 0.1) is 5.82 Å². The standard InChI is InChI=1S/C18H19FN2O3/c19-15-8-6-13(7-9-15)10-11-20-18(24)21-16(17(22)23)12-14-4-2-1-3-5-14/h1-9,16H,10-12H2,(H,22,23)(H2,20,21,24). The summed E-state index contributed by atoms with van der Waals surface area (Å²) in [5.74, 6) is -1.40. The summed E-state index contributed by atoms with van der Waals surface area (Å²) < 4.78 is 12.8. The van der Waals surface area contributed by atoms with Crippen LogP contribution >= 0.6 is 0 Å². The van der Waals surface area contributed by atoms with Gasteiger partial charge in [0.05, 0.1) is 0 Å². The van der Waals surface area contributed by atoms with Crippen molar-refractivity contribution in [2.75, 3.05) is 6.54 Å². The van der Waals surface area contributed by atoms with Gasteiger partial charge in [-0.05, 0) is 29.7 Å². The summed E-state index contributed by atoms with van der Waals surface area (Å²) in [6, 6.07) is 13.6. The SMILES string of the molecule is O=C(NCCc1ccc(F)cc1)NC(Cc1ccccc1)C(=O)O. The van der Waals surface area contributed by atoms with Gasteiger partial charge in [0.1, 0.15) is 11.9 Å². The molecule has 1 unspecified atom stereocenters. The Labute approximate surface area is 139 Å². The van der Waals surface area contributed by atoms with Crippen LogP contribution in [-0.2, 0) is 17.6 Å². The van der Waals surface area contributed by atoms with E-state index in [1.165, 1.54) is 12.1 Å². The number of rotatable bonds is 7. The minimum atomic E-state index is -1.09. The lowest BCUT2D eigenvalue weighted by molar-refractivity contribution is -0.139. The number of carboxylic acids is 1. The maximum Gasteiger partial charge on any atom is 0.326 e. The Hall–Kier alpha value is -2.89. The maximum absolute atomic E-state index is 12.8. The number of aliphatic carboxylic acids is 1. The molecule has 0 radical (unpaired) electrons. The van der Waals surface area contributed by atoms with Crippen molar-refractivity contribution in [3.05, 3.63) is 71.5 Å². The maximum atomic E-state index is 12.8. The number of carbonyl (C=O) groups is 2. The quantitative estimate of drug-likeness (QED) is 0.729. The van der Waals surface area contributed by atoms with E-state index in [4.69, 9.17) is 0 Å². The average molecular weight is 330 g/mol. The van der Waals surface area contributed by atoms with Crippen LogP contribution in [0.1, 0.15) is 11.1 Å². The molecule has 0 aromatic heterocycles. The van der Waals surface area contributed by atoms with Crippen LogP contribution in [0.4, 0.5) is 9.18 Å². The average Bonchev–Trinajstić information content (AvgIpc) is 2.57. The predicted molar refractivity (Wildman–Crippen MR) is 88.2 cm³/mol. The molecule has 1 atom stereocenters. The molecule has 0 aliphatic carbocycles. The second-order valence-corrected chi connectivity index (χ2v) is 5.36. The second-order valence-electron chi connectivity index (χ2n) is 5.36. The molecule has 2 amide bonds. The van der Waals surface area contributed by atoms with Crippen molar-refractivity contribution in [2.45, 2.75) is 18.9 Å². The van der Waals surface area contributed by atoms with E-state index in [0.29, 0.717) is 13.0 Å². The van der Waals surface area contributed by atoms with Crippen molar-refractivity contribution in [1.82, 2.24) is 10.6 Å². The van der Waals surface area contributed by atoms with Gasteiger partial charge in [0, 0.05) is 13.0 Å². The van der Waals surface area contributed by atoms with Crippen LogP contribution in [0.25, 0.3) is 0 Å². The summed E-state index contributed by atoms with van der Waals surface area (Å²) >= 11 is 0. The van der Waals surface area contributed by atoms with Gasteiger partial charge in [0.2, 0.25) is 0 Å². The van der Waals surface area contributed by atoms with Gasteiger partial charge in [0.25, 0.3) is 0 Å². The van der Waals surface area contributed by atoms with Gasteiger partial charge in [-0.15, -0.1) is 0 Å². The Morgan fingerprint density at radius 3 is 2.29 bits per heavy atom. The minimum Gasteiger partial charge on any atom is -0.480 e. The first-order valence-electron chi connectivity index (χ1n) is 7.60. The smallest absolute Gasteiger partial charge is 0.326 e. The summed E-state index contributed by atoms with van der Waals surface area (Å²) in [7, 11) is 0. The van der Waals surface area contributed by atoms with Gasteiger partial charge >= 0.3 is 12.0 Å². The fraction of sp³-hybridized carbons (Fsp3) is 0.222. The molecule has 2 aromatic rings. The van der Waals surface area contributed by atoms with Crippen molar-refractivity contribution >= 4 is 12.0 Å². The number of benzene rings is 2. The largest absolute Gasteiger partial charge is 0.480 e. The van der Waals surface area contributed by atoms with E-state index < -0.39 is 18.0 Å². The molecule has 6 heteroatoms. The molecular formula is C18H19FN2O3. The van der Waals surface area contributed by atoms with Gasteiger partial charge in [-0.25, -0.2) is 14.0 Å². The monoisotopic (exact) mass is 330 g/mol. The van der Waals surface area contributed by atoms with E-state index in [9.17, 15) is 19.1 Å². The first kappa shape index (κ1) is 17.5. The van der Waals surface area contributed by atoms with Gasteiger partial charge in [-0.1, -0.05) is 42.5 Å². The lowest BCUT2D eigenvalue weighted by Crippen LogP contribution is -2.47. The normalized spacial score (nSPS) is 11.5. The Balaban J connectivity index is 1.80. The molecule has 0 saturated carbocycles. The zero-order chi connectivity index (χ0) is 17.4. The molecule has 0 fully saturated rings. The topological polar surface area (TPSA) is 78.4 Å². The number of amides is 2. The Kier molecular flexibility index (Phi) is 6.31. The van der Waals surface area contributed by atoms with E-state index >= 15 is 0 Å². The number of hydrogen-bond donors (Lipinski definition) is 3. The second kappa shape index (κ2) is 8.67. The van der Waals surface area contributed by atoms with Crippen LogP contribution in [0.2, 0.25) is 0 Å². The Morgan fingerprint density at radius 1 is 1.00 bits per heavy atom. The van der Waals surface area contributed by atoms with Crippen molar-refractivity contribution in [2.24, 2.45) is 0 Å². The van der Waals surface area contributed by atoms with E-state index in [-0.39, 0.29) is 12.2 Å². The van der Waals surface area contributed by atoms with Crippen molar-refractivity contribution < 1.29 is 19.1 Å². The summed E-state index contributed by atoms with van der Waals surface area (Å²) in [5.41, 5.74) is 1.72.